The van der Waals surface area contributed by atoms with E-state index in [2.05, 4.69) is 0 Å². The van der Waals surface area contributed by atoms with E-state index in [9.17, 15) is 26.4 Å². The monoisotopic (exact) mass is 457 g/mol. The summed E-state index contributed by atoms with van der Waals surface area (Å²) in [4.78, 5) is 14.2. The lowest BCUT2D eigenvalue weighted by molar-refractivity contribution is -0.138. The van der Waals surface area contributed by atoms with E-state index in [1.54, 1.807) is 12.1 Å². The molecule has 2 aromatic rings. The predicted octanol–water partition coefficient (Wildman–Crippen LogP) is 4.51. The van der Waals surface area contributed by atoms with Gasteiger partial charge in [0.05, 0.1) is 21.9 Å². The Morgan fingerprint density at radius 3 is 2.31 bits per heavy atom. The predicted molar refractivity (Wildman–Crippen MR) is 110 cm³/mol. The summed E-state index contributed by atoms with van der Waals surface area (Å²) in [6.07, 6.45) is -1.92. The summed E-state index contributed by atoms with van der Waals surface area (Å²) >= 11 is 6.17. The molecule has 1 aliphatic rings. The molecule has 0 saturated carbocycles. The van der Waals surface area contributed by atoms with Crippen LogP contribution in [-0.2, 0) is 27.4 Å². The van der Waals surface area contributed by atoms with Crippen molar-refractivity contribution in [3.05, 3.63) is 70.1 Å². The third-order valence-corrected chi connectivity index (χ3v) is 6.64. The van der Waals surface area contributed by atoms with Gasteiger partial charge in [-0.3, -0.25) is 9.69 Å². The molecular weight excluding hydrogens is 443 g/mol. The lowest BCUT2D eigenvalue weighted by Crippen LogP contribution is -2.28. The molecule has 152 valence electrons. The van der Waals surface area contributed by atoms with Crippen molar-refractivity contribution in [1.82, 2.24) is 4.90 Å². The van der Waals surface area contributed by atoms with Crippen LogP contribution < -0.4 is 0 Å². The number of hydrogen-bond acceptors (Lipinski definition) is 5. The number of amides is 1. The van der Waals surface area contributed by atoms with Crippen molar-refractivity contribution in [1.29, 1.82) is 0 Å². The molecule has 2 aromatic carbocycles. The molecule has 0 atom stereocenters. The van der Waals surface area contributed by atoms with Crippen LogP contribution in [0, 0.1) is 0 Å². The maximum Gasteiger partial charge on any atom is 0.416 e. The molecule has 1 amide bonds. The van der Waals surface area contributed by atoms with Crippen LogP contribution in [0.2, 0.25) is 0 Å². The summed E-state index contributed by atoms with van der Waals surface area (Å²) in [5.41, 5.74) is -0.280. The molecule has 0 unspecified atom stereocenters. The summed E-state index contributed by atoms with van der Waals surface area (Å²) < 4.78 is 62.8. The number of alkyl halides is 3. The number of hydrogen-bond donors (Lipinski definition) is 0. The van der Waals surface area contributed by atoms with Crippen LogP contribution in [0.3, 0.4) is 0 Å². The van der Waals surface area contributed by atoms with Crippen LogP contribution in [-0.4, -0.2) is 29.8 Å². The summed E-state index contributed by atoms with van der Waals surface area (Å²) in [6.45, 7) is -0.287. The first-order valence-electron chi connectivity index (χ1n) is 8.17. The van der Waals surface area contributed by atoms with Crippen molar-refractivity contribution in [2.24, 2.45) is 0 Å². The van der Waals surface area contributed by atoms with Crippen molar-refractivity contribution in [2.75, 3.05) is 6.26 Å². The van der Waals surface area contributed by atoms with Gasteiger partial charge in [-0.2, -0.15) is 13.2 Å². The van der Waals surface area contributed by atoms with Crippen molar-refractivity contribution in [3.63, 3.8) is 0 Å². The Hall–Kier alpha value is -2.17. The molecule has 10 heteroatoms. The van der Waals surface area contributed by atoms with Gasteiger partial charge in [0.1, 0.15) is 4.32 Å². The molecule has 29 heavy (non-hydrogen) atoms. The highest BCUT2D eigenvalue weighted by atomic mass is 32.2. The second-order valence-corrected chi connectivity index (χ2v) is 9.96. The Balaban J connectivity index is 1.85. The largest absolute Gasteiger partial charge is 0.416 e. The van der Waals surface area contributed by atoms with Gasteiger partial charge in [0, 0.05) is 6.26 Å². The Morgan fingerprint density at radius 2 is 1.72 bits per heavy atom. The van der Waals surface area contributed by atoms with E-state index in [0.717, 1.165) is 29.0 Å². The quantitative estimate of drug-likeness (QED) is 0.500. The highest BCUT2D eigenvalue weighted by Crippen LogP contribution is 2.36. The lowest BCUT2D eigenvalue weighted by atomic mass is 10.1. The Bertz CT molecular complexity index is 1110. The van der Waals surface area contributed by atoms with E-state index in [-0.39, 0.29) is 26.2 Å². The van der Waals surface area contributed by atoms with Gasteiger partial charge in [0.25, 0.3) is 5.91 Å². The third-order valence-electron chi connectivity index (χ3n) is 4.13. The second-order valence-electron chi connectivity index (χ2n) is 6.26. The fourth-order valence-electron chi connectivity index (χ4n) is 2.70. The van der Waals surface area contributed by atoms with Crippen molar-refractivity contribution >= 4 is 50.1 Å². The van der Waals surface area contributed by atoms with E-state index in [0.29, 0.717) is 5.56 Å². The van der Waals surface area contributed by atoms with Crippen LogP contribution in [0.15, 0.2) is 58.3 Å². The number of thiocarbonyl (C=S) groups is 1. The summed E-state index contributed by atoms with van der Waals surface area (Å²) in [6, 6.07) is 11.0. The average molecular weight is 458 g/mol. The van der Waals surface area contributed by atoms with Gasteiger partial charge in [-0.25, -0.2) is 8.42 Å². The first-order chi connectivity index (χ1) is 13.5. The minimum atomic E-state index is -4.53. The number of carbonyl (C=O) groups is 1. The number of thioether (sulfide) groups is 1. The van der Waals surface area contributed by atoms with Gasteiger partial charge < -0.3 is 0 Å². The van der Waals surface area contributed by atoms with Gasteiger partial charge in [-0.15, -0.1) is 0 Å². The number of sulfone groups is 1. The van der Waals surface area contributed by atoms with Crippen LogP contribution in [0.25, 0.3) is 6.08 Å². The fourth-order valence-corrected chi connectivity index (χ4v) is 4.59. The van der Waals surface area contributed by atoms with Gasteiger partial charge in [-0.1, -0.05) is 54.3 Å². The van der Waals surface area contributed by atoms with Crippen molar-refractivity contribution in [2.45, 2.75) is 17.6 Å². The first kappa shape index (κ1) is 21.5. The molecular formula is C19H14F3NO3S3. The van der Waals surface area contributed by atoms with E-state index in [1.807, 2.05) is 0 Å². The molecule has 1 saturated heterocycles. The molecule has 0 bridgehead atoms. The van der Waals surface area contributed by atoms with Crippen molar-refractivity contribution < 1.29 is 26.4 Å². The zero-order valence-electron chi connectivity index (χ0n) is 14.9. The van der Waals surface area contributed by atoms with Gasteiger partial charge in [0.2, 0.25) is 0 Å². The topological polar surface area (TPSA) is 54.5 Å². The smallest absolute Gasteiger partial charge is 0.288 e. The van der Waals surface area contributed by atoms with E-state index < -0.39 is 27.5 Å². The minimum Gasteiger partial charge on any atom is -0.288 e. The Kier molecular flexibility index (Phi) is 5.88. The summed E-state index contributed by atoms with van der Waals surface area (Å²) in [7, 11) is -3.34. The maximum atomic E-state index is 13.2. The zero-order valence-corrected chi connectivity index (χ0v) is 17.4. The fraction of sp³-hybridized carbons (Fsp3) is 0.158. The standard InChI is InChI=1S/C19H14F3NO3S3/c1-29(25,26)14-8-6-12(7-9-14)10-16-17(24)23(18(27)28-16)11-13-4-2-3-5-15(13)19(20,21)22/h2-10H,11H2,1H3/b16-10-. The van der Waals surface area contributed by atoms with Gasteiger partial charge in [0.15, 0.2) is 9.84 Å². The molecule has 0 spiro atoms. The highest BCUT2D eigenvalue weighted by Gasteiger charge is 2.36. The second kappa shape index (κ2) is 7.92. The van der Waals surface area contributed by atoms with Gasteiger partial charge >= 0.3 is 6.18 Å². The summed E-state index contributed by atoms with van der Waals surface area (Å²) in [5, 5.41) is 0. The summed E-state index contributed by atoms with van der Waals surface area (Å²) in [5.74, 6) is -0.496. The SMILES string of the molecule is CS(=O)(=O)c1ccc(/C=C2\SC(=S)N(Cc3ccccc3C(F)(F)F)C2=O)cc1. The van der Waals surface area contributed by atoms with Crippen LogP contribution >= 0.6 is 24.0 Å². The van der Waals surface area contributed by atoms with Crippen LogP contribution in [0.1, 0.15) is 16.7 Å². The maximum absolute atomic E-state index is 13.2. The van der Waals surface area contributed by atoms with Gasteiger partial charge in [-0.05, 0) is 35.4 Å². The van der Waals surface area contributed by atoms with E-state index in [4.69, 9.17) is 12.2 Å². The lowest BCUT2D eigenvalue weighted by Gasteiger charge is -2.18. The Morgan fingerprint density at radius 1 is 1.10 bits per heavy atom. The molecule has 0 radical (unpaired) electrons. The first-order valence-corrected chi connectivity index (χ1v) is 11.3. The van der Waals surface area contributed by atoms with Crippen LogP contribution in [0.5, 0.6) is 0 Å². The van der Waals surface area contributed by atoms with E-state index >= 15 is 0 Å². The zero-order chi connectivity index (χ0) is 21.4. The molecule has 1 aliphatic heterocycles. The Labute approximate surface area is 175 Å². The molecule has 1 heterocycles. The van der Waals surface area contributed by atoms with Crippen LogP contribution in [0.4, 0.5) is 13.2 Å². The van der Waals surface area contributed by atoms with Crippen molar-refractivity contribution in [3.8, 4) is 0 Å². The molecule has 1 fully saturated rings. The molecule has 4 nitrogen and oxygen atoms in total. The average Bonchev–Trinajstić information content (AvgIpc) is 2.88. The third kappa shape index (κ3) is 4.88. The molecule has 0 aliphatic carbocycles. The molecule has 3 rings (SSSR count). The highest BCUT2D eigenvalue weighted by molar-refractivity contribution is 8.26. The number of halogens is 3. The number of nitrogens with zero attached hydrogens (tertiary/aromatic N) is 1. The van der Waals surface area contributed by atoms with E-state index in [1.165, 1.54) is 36.4 Å². The number of benzene rings is 2. The minimum absolute atomic E-state index is 0.0462. The molecule has 0 aromatic heterocycles. The normalized spacial score (nSPS) is 16.7. The number of rotatable bonds is 4. The number of carbonyl (C=O) groups excluding carboxylic acids is 1. The molecule has 0 N–H and O–H groups in total.